The Hall–Kier alpha value is -2.85. The van der Waals surface area contributed by atoms with E-state index in [4.69, 9.17) is 4.74 Å². The second-order valence-electron chi connectivity index (χ2n) is 8.61. The Morgan fingerprint density at radius 2 is 1.89 bits per heavy atom. The van der Waals surface area contributed by atoms with Gasteiger partial charge < -0.3 is 14.7 Å². The lowest BCUT2D eigenvalue weighted by molar-refractivity contribution is -0.140. The van der Waals surface area contributed by atoms with Crippen LogP contribution >= 0.6 is 22.7 Å². The van der Waals surface area contributed by atoms with Gasteiger partial charge >= 0.3 is 0 Å². The van der Waals surface area contributed by atoms with Crippen molar-refractivity contribution >= 4 is 40.1 Å². The number of morpholine rings is 1. The molecule has 1 atom stereocenters. The van der Waals surface area contributed by atoms with Gasteiger partial charge in [-0.2, -0.15) is 0 Å². The molecule has 2 saturated heterocycles. The van der Waals surface area contributed by atoms with Crippen LogP contribution in [0, 0.1) is 6.92 Å². The van der Waals surface area contributed by atoms with Crippen molar-refractivity contribution in [1.82, 2.24) is 14.8 Å². The van der Waals surface area contributed by atoms with Crippen molar-refractivity contribution in [3.63, 3.8) is 0 Å². The summed E-state index contributed by atoms with van der Waals surface area (Å²) in [7, 11) is 0. The number of hydrogen-bond donors (Lipinski definition) is 1. The van der Waals surface area contributed by atoms with Crippen molar-refractivity contribution in [3.05, 3.63) is 68.9 Å². The molecule has 2 fully saturated rings. The molecule has 35 heavy (non-hydrogen) atoms. The third-order valence-corrected chi connectivity index (χ3v) is 8.32. The van der Waals surface area contributed by atoms with Gasteiger partial charge in [-0.3, -0.25) is 14.5 Å². The van der Waals surface area contributed by atoms with Gasteiger partial charge in [0.1, 0.15) is 10.7 Å². The number of aliphatic hydroxyl groups is 1. The third kappa shape index (κ3) is 4.81. The van der Waals surface area contributed by atoms with Crippen LogP contribution in [-0.4, -0.2) is 71.0 Å². The Morgan fingerprint density at radius 1 is 1.11 bits per heavy atom. The smallest absolute Gasteiger partial charge is 0.295 e. The molecule has 1 unspecified atom stereocenters. The van der Waals surface area contributed by atoms with E-state index in [-0.39, 0.29) is 11.3 Å². The van der Waals surface area contributed by atoms with Crippen LogP contribution in [0.2, 0.25) is 0 Å². The van der Waals surface area contributed by atoms with E-state index in [1.807, 2.05) is 54.8 Å². The molecule has 0 bridgehead atoms. The predicted molar refractivity (Wildman–Crippen MR) is 137 cm³/mol. The Bertz CT molecular complexity index is 1230. The molecular weight excluding hydrogens is 482 g/mol. The lowest BCUT2D eigenvalue weighted by atomic mass is 10.0. The number of Topliss-reactive ketones (excluding diaryl/α,β-unsaturated/α-hetero) is 1. The van der Waals surface area contributed by atoms with E-state index in [0.29, 0.717) is 12.2 Å². The molecule has 9 heteroatoms. The zero-order chi connectivity index (χ0) is 24.4. The first-order valence-corrected chi connectivity index (χ1v) is 13.4. The molecule has 0 aliphatic carbocycles. The monoisotopic (exact) mass is 509 g/mol. The summed E-state index contributed by atoms with van der Waals surface area (Å²) in [5.41, 5.74) is 1.43. The van der Waals surface area contributed by atoms with Crippen LogP contribution in [-0.2, 0) is 14.3 Å². The molecule has 2 aliphatic rings. The van der Waals surface area contributed by atoms with Gasteiger partial charge in [0.2, 0.25) is 0 Å². The normalized spacial score (nSPS) is 20.6. The minimum absolute atomic E-state index is 0.122. The fourth-order valence-corrected chi connectivity index (χ4v) is 6.36. The SMILES string of the molecule is Cc1sc(-c2ccccc2)nc1C(O)=C1C(=O)C(=O)N(CCCN2CCOCC2)C1c1cccs1. The number of ether oxygens (including phenoxy) is 1. The highest BCUT2D eigenvalue weighted by molar-refractivity contribution is 7.15. The van der Waals surface area contributed by atoms with E-state index >= 15 is 0 Å². The maximum atomic E-state index is 13.2. The van der Waals surface area contributed by atoms with E-state index in [1.165, 1.54) is 22.7 Å². The van der Waals surface area contributed by atoms with E-state index in [2.05, 4.69) is 9.88 Å². The standard InChI is InChI=1S/C26H27N3O4S2/c1-17-21(27-25(35-17)18-7-3-2-4-8-18)23(30)20-22(19-9-5-16-34-19)29(26(32)24(20)31)11-6-10-28-12-14-33-15-13-28/h2-5,7-9,16,22,30H,6,10-15H2,1H3. The molecule has 0 spiro atoms. The lowest BCUT2D eigenvalue weighted by Gasteiger charge is -2.28. The number of benzene rings is 1. The van der Waals surface area contributed by atoms with Crippen LogP contribution < -0.4 is 0 Å². The Balaban J connectivity index is 1.47. The summed E-state index contributed by atoms with van der Waals surface area (Å²) < 4.78 is 5.41. The number of carbonyl (C=O) groups excluding carboxylic acids is 2. The molecular formula is C26H27N3O4S2. The second-order valence-corrected chi connectivity index (χ2v) is 10.8. The highest BCUT2D eigenvalue weighted by Crippen LogP contribution is 2.42. The molecule has 0 saturated carbocycles. The van der Waals surface area contributed by atoms with Crippen molar-refractivity contribution in [2.75, 3.05) is 39.4 Å². The minimum atomic E-state index is -0.652. The van der Waals surface area contributed by atoms with Crippen molar-refractivity contribution in [2.45, 2.75) is 19.4 Å². The lowest BCUT2D eigenvalue weighted by Crippen LogP contribution is -2.38. The number of aromatic nitrogens is 1. The van der Waals surface area contributed by atoms with Crippen LogP contribution in [0.5, 0.6) is 0 Å². The van der Waals surface area contributed by atoms with E-state index in [9.17, 15) is 14.7 Å². The van der Waals surface area contributed by atoms with Crippen LogP contribution in [0.4, 0.5) is 0 Å². The number of hydrogen-bond acceptors (Lipinski definition) is 8. The molecule has 2 aliphatic heterocycles. The number of nitrogens with zero attached hydrogens (tertiary/aromatic N) is 3. The van der Waals surface area contributed by atoms with E-state index in [1.54, 1.807) is 4.90 Å². The van der Waals surface area contributed by atoms with Gasteiger partial charge in [0.15, 0.2) is 5.76 Å². The second kappa shape index (κ2) is 10.4. The number of thiophene rings is 1. The van der Waals surface area contributed by atoms with Gasteiger partial charge in [0, 0.05) is 41.5 Å². The van der Waals surface area contributed by atoms with Crippen LogP contribution in [0.15, 0.2) is 53.4 Å². The number of rotatable bonds is 7. The number of ketones is 1. The fourth-order valence-electron chi connectivity index (χ4n) is 4.59. The third-order valence-electron chi connectivity index (χ3n) is 6.37. The first-order valence-electron chi connectivity index (χ1n) is 11.7. The van der Waals surface area contributed by atoms with Crippen LogP contribution in [0.25, 0.3) is 16.3 Å². The maximum absolute atomic E-state index is 13.2. The number of aliphatic hydroxyl groups excluding tert-OH is 1. The van der Waals surface area contributed by atoms with E-state index in [0.717, 1.165) is 59.6 Å². The highest BCUT2D eigenvalue weighted by atomic mass is 32.1. The molecule has 4 heterocycles. The summed E-state index contributed by atoms with van der Waals surface area (Å²) >= 11 is 2.93. The number of aryl methyl sites for hydroxylation is 1. The quantitative estimate of drug-likeness (QED) is 0.290. The predicted octanol–water partition coefficient (Wildman–Crippen LogP) is 4.32. The van der Waals surface area contributed by atoms with Gasteiger partial charge in [-0.15, -0.1) is 22.7 Å². The summed E-state index contributed by atoms with van der Waals surface area (Å²) in [6.45, 7) is 6.33. The molecule has 3 aromatic rings. The molecule has 7 nitrogen and oxygen atoms in total. The first-order chi connectivity index (χ1) is 17.0. The summed E-state index contributed by atoms with van der Waals surface area (Å²) in [6, 6.07) is 12.9. The van der Waals surface area contributed by atoms with Gasteiger partial charge in [-0.25, -0.2) is 4.98 Å². The van der Waals surface area contributed by atoms with Crippen molar-refractivity contribution in [1.29, 1.82) is 0 Å². The molecule has 5 rings (SSSR count). The molecule has 1 aromatic carbocycles. The maximum Gasteiger partial charge on any atom is 0.295 e. The first kappa shape index (κ1) is 23.9. The highest BCUT2D eigenvalue weighted by Gasteiger charge is 2.46. The van der Waals surface area contributed by atoms with E-state index < -0.39 is 17.7 Å². The van der Waals surface area contributed by atoms with Gasteiger partial charge in [-0.05, 0) is 24.8 Å². The minimum Gasteiger partial charge on any atom is -0.505 e. The van der Waals surface area contributed by atoms with Gasteiger partial charge in [0.25, 0.3) is 11.7 Å². The largest absolute Gasteiger partial charge is 0.505 e. The number of amides is 1. The van der Waals surface area contributed by atoms with Crippen LogP contribution in [0.1, 0.15) is 27.9 Å². The van der Waals surface area contributed by atoms with Crippen molar-refractivity contribution in [3.8, 4) is 10.6 Å². The number of carbonyl (C=O) groups is 2. The Morgan fingerprint density at radius 3 is 2.60 bits per heavy atom. The zero-order valence-electron chi connectivity index (χ0n) is 19.5. The number of likely N-dealkylation sites (tertiary alicyclic amines) is 1. The zero-order valence-corrected chi connectivity index (χ0v) is 21.1. The topological polar surface area (TPSA) is 83.0 Å². The molecule has 2 aromatic heterocycles. The average molecular weight is 510 g/mol. The van der Waals surface area contributed by atoms with Crippen molar-refractivity contribution in [2.24, 2.45) is 0 Å². The Labute approximate surface area is 212 Å². The van der Waals surface area contributed by atoms with Crippen molar-refractivity contribution < 1.29 is 19.4 Å². The van der Waals surface area contributed by atoms with Crippen LogP contribution in [0.3, 0.4) is 0 Å². The molecule has 1 N–H and O–H groups in total. The summed E-state index contributed by atoms with van der Waals surface area (Å²) in [5, 5.41) is 14.1. The molecule has 182 valence electrons. The Kier molecular flexibility index (Phi) is 7.10. The van der Waals surface area contributed by atoms with Gasteiger partial charge in [0.05, 0.1) is 24.8 Å². The molecule has 0 radical (unpaired) electrons. The molecule has 1 amide bonds. The summed E-state index contributed by atoms with van der Waals surface area (Å²) in [5.74, 6) is -1.42. The summed E-state index contributed by atoms with van der Waals surface area (Å²) in [6.07, 6.45) is 0.739. The number of thiazole rings is 1. The average Bonchev–Trinajstić information content (AvgIpc) is 3.60. The van der Waals surface area contributed by atoms with Gasteiger partial charge in [-0.1, -0.05) is 36.4 Å². The summed E-state index contributed by atoms with van der Waals surface area (Å²) in [4.78, 5) is 36.6. The fraction of sp³-hybridized carbons (Fsp3) is 0.346.